The molecular formula is C28H39NO7. The van der Waals surface area contributed by atoms with Gasteiger partial charge in [-0.3, -0.25) is 14.4 Å². The number of carbonyl (C=O) groups is 3. The van der Waals surface area contributed by atoms with Gasteiger partial charge in [-0.1, -0.05) is 60.6 Å². The SMILES string of the molecule is CC(C)[C@H]1C(O)[C@@H](C(N)=O)C(=O)[C@]2(O)C(O)[C@H]3C(=O)c4c(ccc(C(C)(C)C)c4O)C[C@]3(C)C[C@]12C. The summed E-state index contributed by atoms with van der Waals surface area (Å²) in [6, 6.07) is 3.64. The number of ketones is 2. The van der Waals surface area contributed by atoms with Crippen LogP contribution >= 0.6 is 0 Å². The van der Waals surface area contributed by atoms with E-state index >= 15 is 0 Å². The lowest BCUT2D eigenvalue weighted by molar-refractivity contribution is -0.265. The monoisotopic (exact) mass is 501 g/mol. The summed E-state index contributed by atoms with van der Waals surface area (Å²) in [5, 5.41) is 46.1. The largest absolute Gasteiger partial charge is 0.507 e. The van der Waals surface area contributed by atoms with E-state index < -0.39 is 69.3 Å². The second-order valence-corrected chi connectivity index (χ2v) is 13.2. The third-order valence-electron chi connectivity index (χ3n) is 9.46. The van der Waals surface area contributed by atoms with Gasteiger partial charge < -0.3 is 26.2 Å². The van der Waals surface area contributed by atoms with Crippen LogP contribution in [0.1, 0.15) is 76.4 Å². The van der Waals surface area contributed by atoms with Gasteiger partial charge in [0.1, 0.15) is 17.8 Å². The molecular weight excluding hydrogens is 462 g/mol. The maximum absolute atomic E-state index is 14.0. The molecule has 4 rings (SSSR count). The molecule has 0 radical (unpaired) electrons. The van der Waals surface area contributed by atoms with E-state index in [-0.39, 0.29) is 23.7 Å². The van der Waals surface area contributed by atoms with E-state index in [0.717, 1.165) is 0 Å². The smallest absolute Gasteiger partial charge is 0.230 e. The number of hydrogen-bond acceptors (Lipinski definition) is 7. The lowest BCUT2D eigenvalue weighted by Gasteiger charge is -2.66. The Balaban J connectivity index is 1.95. The topological polar surface area (TPSA) is 158 Å². The van der Waals surface area contributed by atoms with Crippen LogP contribution in [0.5, 0.6) is 5.75 Å². The van der Waals surface area contributed by atoms with E-state index in [1.807, 2.05) is 53.7 Å². The van der Waals surface area contributed by atoms with Gasteiger partial charge >= 0.3 is 0 Å². The quantitative estimate of drug-likeness (QED) is 0.387. The van der Waals surface area contributed by atoms with Crippen molar-refractivity contribution >= 4 is 17.5 Å². The fraction of sp³-hybridized carbons (Fsp3) is 0.679. The molecule has 6 N–H and O–H groups in total. The van der Waals surface area contributed by atoms with E-state index in [0.29, 0.717) is 17.5 Å². The number of benzene rings is 1. The van der Waals surface area contributed by atoms with Gasteiger partial charge in [-0.05, 0) is 46.6 Å². The van der Waals surface area contributed by atoms with E-state index in [1.165, 1.54) is 0 Å². The average Bonchev–Trinajstić information content (AvgIpc) is 2.69. The molecule has 8 atom stereocenters. The van der Waals surface area contributed by atoms with Crippen LogP contribution in [0.25, 0.3) is 0 Å². The van der Waals surface area contributed by atoms with E-state index in [4.69, 9.17) is 5.73 Å². The number of nitrogens with two attached hydrogens (primary N) is 1. The van der Waals surface area contributed by atoms with Crippen LogP contribution in [-0.4, -0.2) is 55.7 Å². The fourth-order valence-electron chi connectivity index (χ4n) is 8.13. The molecule has 0 spiro atoms. The molecule has 3 aliphatic carbocycles. The highest BCUT2D eigenvalue weighted by molar-refractivity contribution is 6.09. The van der Waals surface area contributed by atoms with Crippen molar-refractivity contribution < 1.29 is 34.8 Å². The number of aliphatic hydroxyl groups is 3. The number of fused-ring (bicyclic) bond motifs is 3. The Morgan fingerprint density at radius 2 is 1.72 bits per heavy atom. The summed E-state index contributed by atoms with van der Waals surface area (Å²) < 4.78 is 0. The Hall–Kier alpha value is -2.29. The lowest BCUT2D eigenvalue weighted by atomic mass is 9.39. The van der Waals surface area contributed by atoms with Gasteiger partial charge in [0.15, 0.2) is 17.2 Å². The number of Topliss-reactive ketones (excluding diaryl/α,β-unsaturated/α-hetero) is 2. The molecule has 8 heteroatoms. The van der Waals surface area contributed by atoms with Crippen LogP contribution in [-0.2, 0) is 21.4 Å². The first-order chi connectivity index (χ1) is 16.3. The minimum atomic E-state index is -2.49. The van der Waals surface area contributed by atoms with Crippen molar-refractivity contribution in [3.05, 3.63) is 28.8 Å². The van der Waals surface area contributed by atoms with Crippen LogP contribution in [0.3, 0.4) is 0 Å². The van der Waals surface area contributed by atoms with Gasteiger partial charge in [0, 0.05) is 5.41 Å². The van der Waals surface area contributed by atoms with Crippen molar-refractivity contribution in [1.29, 1.82) is 0 Å². The third-order valence-corrected chi connectivity index (χ3v) is 9.46. The molecule has 8 nitrogen and oxygen atoms in total. The molecule has 1 aromatic rings. The van der Waals surface area contributed by atoms with Gasteiger partial charge in [-0.15, -0.1) is 0 Å². The number of phenolic OH excluding ortho intramolecular Hbond substituents is 1. The number of phenols is 1. The molecule has 3 aliphatic rings. The summed E-state index contributed by atoms with van der Waals surface area (Å²) in [6.45, 7) is 12.9. The number of primary amides is 1. The zero-order chi connectivity index (χ0) is 27.3. The zero-order valence-corrected chi connectivity index (χ0v) is 22.1. The van der Waals surface area contributed by atoms with Crippen LogP contribution in [0.15, 0.2) is 12.1 Å². The molecule has 198 valence electrons. The highest BCUT2D eigenvalue weighted by Gasteiger charge is 2.75. The van der Waals surface area contributed by atoms with Crippen molar-refractivity contribution in [1.82, 2.24) is 0 Å². The highest BCUT2D eigenvalue weighted by Crippen LogP contribution is 2.65. The number of amides is 1. The molecule has 2 saturated carbocycles. The molecule has 2 fully saturated rings. The number of carbonyl (C=O) groups excluding carboxylic acids is 3. The Labute approximate surface area is 211 Å². The lowest BCUT2D eigenvalue weighted by Crippen LogP contribution is -2.79. The molecule has 0 bridgehead atoms. The number of aromatic hydroxyl groups is 1. The Morgan fingerprint density at radius 3 is 2.22 bits per heavy atom. The Morgan fingerprint density at radius 1 is 1.14 bits per heavy atom. The summed E-state index contributed by atoms with van der Waals surface area (Å²) in [5.74, 6) is -6.76. The van der Waals surface area contributed by atoms with Crippen molar-refractivity contribution in [2.75, 3.05) is 0 Å². The molecule has 2 unspecified atom stereocenters. The second kappa shape index (κ2) is 7.85. The fourth-order valence-corrected chi connectivity index (χ4v) is 8.13. The highest BCUT2D eigenvalue weighted by atomic mass is 16.4. The molecule has 0 saturated heterocycles. The predicted octanol–water partition coefficient (Wildman–Crippen LogP) is 1.87. The van der Waals surface area contributed by atoms with Crippen molar-refractivity contribution in [2.45, 2.75) is 84.5 Å². The van der Waals surface area contributed by atoms with Crippen LogP contribution in [0.4, 0.5) is 0 Å². The number of rotatable bonds is 2. The molecule has 1 amide bonds. The zero-order valence-electron chi connectivity index (χ0n) is 22.1. The first-order valence-electron chi connectivity index (χ1n) is 12.7. The molecule has 0 aromatic heterocycles. The van der Waals surface area contributed by atoms with Crippen molar-refractivity contribution in [2.24, 2.45) is 40.2 Å². The van der Waals surface area contributed by atoms with Crippen molar-refractivity contribution in [3.8, 4) is 5.75 Å². The average molecular weight is 502 g/mol. The first kappa shape index (κ1) is 26.8. The Kier molecular flexibility index (Phi) is 5.84. The van der Waals surface area contributed by atoms with Crippen LogP contribution < -0.4 is 5.73 Å². The van der Waals surface area contributed by atoms with Crippen molar-refractivity contribution in [3.63, 3.8) is 0 Å². The predicted molar refractivity (Wildman–Crippen MR) is 132 cm³/mol. The summed E-state index contributed by atoms with van der Waals surface area (Å²) in [7, 11) is 0. The summed E-state index contributed by atoms with van der Waals surface area (Å²) >= 11 is 0. The molecule has 1 aromatic carbocycles. The van der Waals surface area contributed by atoms with Gasteiger partial charge in [0.25, 0.3) is 0 Å². The maximum atomic E-state index is 14.0. The van der Waals surface area contributed by atoms with Crippen LogP contribution in [0.2, 0.25) is 0 Å². The maximum Gasteiger partial charge on any atom is 0.230 e. The van der Waals surface area contributed by atoms with Crippen LogP contribution in [0, 0.1) is 34.5 Å². The molecule has 0 aliphatic heterocycles. The molecule has 0 heterocycles. The number of hydrogen-bond donors (Lipinski definition) is 5. The minimum Gasteiger partial charge on any atom is -0.507 e. The normalized spacial score (nSPS) is 40.5. The van der Waals surface area contributed by atoms with Gasteiger partial charge in [0.05, 0.1) is 17.6 Å². The summed E-state index contributed by atoms with van der Waals surface area (Å²) in [4.78, 5) is 39.9. The second-order valence-electron chi connectivity index (χ2n) is 13.2. The third kappa shape index (κ3) is 3.20. The first-order valence-corrected chi connectivity index (χ1v) is 12.7. The van der Waals surface area contributed by atoms with E-state index in [9.17, 15) is 34.8 Å². The number of aliphatic hydroxyl groups excluding tert-OH is 2. The van der Waals surface area contributed by atoms with Gasteiger partial charge in [-0.25, -0.2) is 0 Å². The Bertz CT molecular complexity index is 1150. The van der Waals surface area contributed by atoms with E-state index in [1.54, 1.807) is 6.92 Å². The summed E-state index contributed by atoms with van der Waals surface area (Å²) in [6.07, 6.45) is -2.82. The standard InChI is InChI=1S/C28H39NO7/c1-12(2)17-21(32)16(24(29)35)22(33)28(36)23(34)18-20(31)15-13(10-26(18,6)11-27(17,28)7)8-9-14(19(15)30)25(3,4)5/h8-9,12,16-18,21,23,30,32,34,36H,10-11H2,1-7H3,(H2,29,35)/t16-,17+,18-,21?,23?,26-,27-,28+/m1/s1. The minimum absolute atomic E-state index is 0.103. The van der Waals surface area contributed by atoms with E-state index in [2.05, 4.69) is 0 Å². The molecule has 36 heavy (non-hydrogen) atoms. The van der Waals surface area contributed by atoms with Gasteiger partial charge in [-0.2, -0.15) is 0 Å². The van der Waals surface area contributed by atoms with Gasteiger partial charge in [0.2, 0.25) is 5.91 Å². The summed E-state index contributed by atoms with van der Waals surface area (Å²) in [5.41, 5.74) is 1.65.